The first kappa shape index (κ1) is 21.7. The third-order valence-electron chi connectivity index (χ3n) is 3.82. The van der Waals surface area contributed by atoms with E-state index in [0.717, 1.165) is 0 Å². The lowest BCUT2D eigenvalue weighted by atomic mass is 10.2. The summed E-state index contributed by atoms with van der Waals surface area (Å²) in [6.07, 6.45) is 0.315. The largest absolute Gasteiger partial charge is 0.481 e. The van der Waals surface area contributed by atoms with Crippen LogP contribution in [0.4, 0.5) is 0 Å². The molecule has 1 aliphatic rings. The third kappa shape index (κ3) is 6.19. The maximum atomic E-state index is 12.1. The van der Waals surface area contributed by atoms with E-state index in [1.807, 2.05) is 0 Å². The number of carbonyl (C=O) groups is 5. The fourth-order valence-corrected chi connectivity index (χ4v) is 2.72. The molecule has 6 N–H and O–H groups in total. The van der Waals surface area contributed by atoms with Crippen molar-refractivity contribution in [1.82, 2.24) is 15.5 Å². The molecule has 0 spiro atoms. The SMILES string of the molecule is NC(CC(=O)O)C(=O)NC(CS)C(=O)NCC(=O)N1CCCC1C(=O)O. The van der Waals surface area contributed by atoms with Gasteiger partial charge in [-0.3, -0.25) is 19.2 Å². The van der Waals surface area contributed by atoms with Crippen molar-refractivity contribution in [1.29, 1.82) is 0 Å². The summed E-state index contributed by atoms with van der Waals surface area (Å²) in [5, 5.41) is 22.2. The standard InChI is InChI=1S/C14H22N4O7S/c15-7(4-11(20)21)12(22)17-8(6-26)13(23)16-5-10(19)18-3-1-2-9(18)14(24)25/h7-9,26H,1-6,15H2,(H,16,23)(H,17,22)(H,20,21)(H,24,25). The predicted molar refractivity (Wildman–Crippen MR) is 91.4 cm³/mol. The van der Waals surface area contributed by atoms with E-state index < -0.39 is 60.8 Å². The van der Waals surface area contributed by atoms with Gasteiger partial charge in [0.25, 0.3) is 0 Å². The lowest BCUT2D eigenvalue weighted by Crippen LogP contribution is -2.54. The van der Waals surface area contributed by atoms with Gasteiger partial charge < -0.3 is 31.5 Å². The first-order valence-corrected chi connectivity index (χ1v) is 8.49. The monoisotopic (exact) mass is 390 g/mol. The van der Waals surface area contributed by atoms with Gasteiger partial charge >= 0.3 is 11.9 Å². The van der Waals surface area contributed by atoms with E-state index in [1.165, 1.54) is 4.90 Å². The molecule has 3 atom stereocenters. The third-order valence-corrected chi connectivity index (χ3v) is 4.18. The van der Waals surface area contributed by atoms with Gasteiger partial charge in [-0.25, -0.2) is 4.79 Å². The Morgan fingerprint density at radius 3 is 2.38 bits per heavy atom. The van der Waals surface area contributed by atoms with Crippen molar-refractivity contribution in [3.05, 3.63) is 0 Å². The molecule has 0 aromatic rings. The number of nitrogens with zero attached hydrogens (tertiary/aromatic N) is 1. The molecule has 0 aromatic heterocycles. The van der Waals surface area contributed by atoms with Crippen LogP contribution in [0, 0.1) is 0 Å². The van der Waals surface area contributed by atoms with E-state index >= 15 is 0 Å². The maximum absolute atomic E-state index is 12.1. The number of hydrogen-bond acceptors (Lipinski definition) is 7. The highest BCUT2D eigenvalue weighted by Gasteiger charge is 2.34. The Labute approximate surface area is 154 Å². The van der Waals surface area contributed by atoms with Crippen LogP contribution in [0.15, 0.2) is 0 Å². The Morgan fingerprint density at radius 1 is 1.19 bits per heavy atom. The summed E-state index contributed by atoms with van der Waals surface area (Å²) >= 11 is 3.94. The zero-order valence-corrected chi connectivity index (χ0v) is 14.8. The summed E-state index contributed by atoms with van der Waals surface area (Å²) in [5.41, 5.74) is 5.40. The lowest BCUT2D eigenvalue weighted by Gasteiger charge is -2.23. The molecule has 0 saturated carbocycles. The molecule has 0 bridgehead atoms. The van der Waals surface area contributed by atoms with Crippen molar-refractivity contribution < 1.29 is 34.2 Å². The van der Waals surface area contributed by atoms with Gasteiger partial charge in [0.1, 0.15) is 12.1 Å². The van der Waals surface area contributed by atoms with Crippen LogP contribution < -0.4 is 16.4 Å². The molecule has 12 heteroatoms. The summed E-state index contributed by atoms with van der Waals surface area (Å²) in [7, 11) is 0. The molecule has 3 amide bonds. The molecule has 26 heavy (non-hydrogen) atoms. The van der Waals surface area contributed by atoms with Crippen LogP contribution in [0.5, 0.6) is 0 Å². The second-order valence-electron chi connectivity index (χ2n) is 5.75. The first-order chi connectivity index (χ1) is 12.2. The van der Waals surface area contributed by atoms with Gasteiger partial charge in [-0.1, -0.05) is 0 Å². The smallest absolute Gasteiger partial charge is 0.326 e. The van der Waals surface area contributed by atoms with E-state index in [4.69, 9.17) is 15.9 Å². The van der Waals surface area contributed by atoms with Crippen LogP contribution in [-0.2, 0) is 24.0 Å². The molecule has 0 aliphatic carbocycles. The Balaban J connectivity index is 2.53. The van der Waals surface area contributed by atoms with Crippen LogP contribution in [-0.4, -0.2) is 81.7 Å². The van der Waals surface area contributed by atoms with Gasteiger partial charge in [-0.05, 0) is 12.8 Å². The molecule has 0 radical (unpaired) electrons. The van der Waals surface area contributed by atoms with Crippen molar-refractivity contribution in [3.63, 3.8) is 0 Å². The van der Waals surface area contributed by atoms with Crippen molar-refractivity contribution in [2.75, 3.05) is 18.8 Å². The molecule has 1 rings (SSSR count). The summed E-state index contributed by atoms with van der Waals surface area (Å²) in [6.45, 7) is -0.133. The average Bonchev–Trinajstić information content (AvgIpc) is 3.06. The zero-order chi connectivity index (χ0) is 19.9. The van der Waals surface area contributed by atoms with Crippen molar-refractivity contribution in [2.24, 2.45) is 5.73 Å². The highest BCUT2D eigenvalue weighted by molar-refractivity contribution is 7.80. The fourth-order valence-electron chi connectivity index (χ4n) is 2.46. The lowest BCUT2D eigenvalue weighted by molar-refractivity contribution is -0.148. The van der Waals surface area contributed by atoms with E-state index in [0.29, 0.717) is 19.4 Å². The van der Waals surface area contributed by atoms with Crippen molar-refractivity contribution in [2.45, 2.75) is 37.4 Å². The van der Waals surface area contributed by atoms with E-state index in [9.17, 15) is 24.0 Å². The molecule has 1 saturated heterocycles. The average molecular weight is 390 g/mol. The number of carboxylic acid groups (broad SMARTS) is 2. The maximum Gasteiger partial charge on any atom is 0.326 e. The van der Waals surface area contributed by atoms with E-state index in [1.54, 1.807) is 0 Å². The number of amides is 3. The fraction of sp³-hybridized carbons (Fsp3) is 0.643. The number of hydrogen-bond donors (Lipinski definition) is 6. The van der Waals surface area contributed by atoms with Crippen molar-refractivity contribution >= 4 is 42.3 Å². The topological polar surface area (TPSA) is 179 Å². The summed E-state index contributed by atoms with van der Waals surface area (Å²) in [6, 6.07) is -3.36. The first-order valence-electron chi connectivity index (χ1n) is 7.86. The summed E-state index contributed by atoms with van der Waals surface area (Å²) in [5.74, 6) is -4.56. The van der Waals surface area contributed by atoms with Crippen LogP contribution in [0.3, 0.4) is 0 Å². The Morgan fingerprint density at radius 2 is 1.85 bits per heavy atom. The number of carboxylic acids is 2. The normalized spacial score (nSPS) is 18.7. The molecule has 11 nitrogen and oxygen atoms in total. The molecule has 3 unspecified atom stereocenters. The quantitative estimate of drug-likeness (QED) is 0.232. The van der Waals surface area contributed by atoms with Gasteiger partial charge in [0.15, 0.2) is 0 Å². The number of thiol groups is 1. The zero-order valence-electron chi connectivity index (χ0n) is 13.9. The second-order valence-corrected chi connectivity index (χ2v) is 6.11. The van der Waals surface area contributed by atoms with E-state index in [2.05, 4.69) is 23.3 Å². The van der Waals surface area contributed by atoms with Gasteiger partial charge in [0.05, 0.1) is 19.0 Å². The highest BCUT2D eigenvalue weighted by atomic mass is 32.1. The Hall–Kier alpha value is -2.34. The summed E-state index contributed by atoms with van der Waals surface area (Å²) < 4.78 is 0. The molecule has 0 aromatic carbocycles. The number of rotatable bonds is 9. The molecular formula is C14H22N4O7S. The predicted octanol–water partition coefficient (Wildman–Crippen LogP) is -2.61. The minimum atomic E-state index is -1.33. The van der Waals surface area contributed by atoms with Gasteiger partial charge in [0.2, 0.25) is 17.7 Å². The van der Waals surface area contributed by atoms with Crippen LogP contribution >= 0.6 is 12.6 Å². The Kier molecular flexibility index (Phi) is 8.32. The number of likely N-dealkylation sites (tertiary alicyclic amines) is 1. The highest BCUT2D eigenvalue weighted by Crippen LogP contribution is 2.17. The van der Waals surface area contributed by atoms with Crippen molar-refractivity contribution in [3.8, 4) is 0 Å². The minimum absolute atomic E-state index is 0.104. The van der Waals surface area contributed by atoms with Crippen LogP contribution in [0.25, 0.3) is 0 Å². The Bertz CT molecular complexity index is 586. The number of aliphatic carboxylic acids is 2. The van der Waals surface area contributed by atoms with Crippen LogP contribution in [0.2, 0.25) is 0 Å². The molecule has 1 aliphatic heterocycles. The number of carbonyl (C=O) groups excluding carboxylic acids is 3. The summed E-state index contributed by atoms with van der Waals surface area (Å²) in [4.78, 5) is 58.7. The number of nitrogens with one attached hydrogen (secondary N) is 2. The minimum Gasteiger partial charge on any atom is -0.481 e. The van der Waals surface area contributed by atoms with E-state index in [-0.39, 0.29) is 5.75 Å². The number of nitrogens with two attached hydrogens (primary N) is 1. The molecule has 146 valence electrons. The van der Waals surface area contributed by atoms with Gasteiger partial charge in [-0.2, -0.15) is 12.6 Å². The van der Waals surface area contributed by atoms with Crippen LogP contribution in [0.1, 0.15) is 19.3 Å². The second kappa shape index (κ2) is 9.97. The molecule has 1 heterocycles. The van der Waals surface area contributed by atoms with Gasteiger partial charge in [-0.15, -0.1) is 0 Å². The molecule has 1 fully saturated rings. The van der Waals surface area contributed by atoms with Gasteiger partial charge in [0, 0.05) is 12.3 Å². The molecular weight excluding hydrogens is 368 g/mol.